The van der Waals surface area contributed by atoms with E-state index in [1.807, 2.05) is 18.0 Å². The van der Waals surface area contributed by atoms with E-state index in [-0.39, 0.29) is 18.3 Å². The average Bonchev–Trinajstić information content (AvgIpc) is 2.35. The van der Waals surface area contributed by atoms with Crippen molar-refractivity contribution in [3.63, 3.8) is 0 Å². The number of benzene rings is 1. The summed E-state index contributed by atoms with van der Waals surface area (Å²) in [5, 5.41) is 3.02. The number of fused-ring (bicyclic) bond motifs is 1. The van der Waals surface area contributed by atoms with Crippen molar-refractivity contribution in [1.29, 1.82) is 0 Å². The van der Waals surface area contributed by atoms with Crippen LogP contribution in [0.15, 0.2) is 24.3 Å². The Kier molecular flexibility index (Phi) is 5.63. The number of nitrogens with zero attached hydrogens (tertiary/aromatic N) is 1. The molecule has 0 radical (unpaired) electrons. The molecule has 3 nitrogen and oxygen atoms in total. The average molecular weight is 269 g/mol. The summed E-state index contributed by atoms with van der Waals surface area (Å²) in [4.78, 5) is 14.1. The molecule has 1 aromatic carbocycles. The highest BCUT2D eigenvalue weighted by Gasteiger charge is 2.25. The largest absolute Gasteiger partial charge is 0.335 e. The topological polar surface area (TPSA) is 32.3 Å². The molecule has 1 unspecified atom stereocenters. The standard InChI is InChI=1S/C14H20N2O.ClH/c1-11-9-12-5-3-4-6-13(12)10-16(11)14(17)7-8-15-2;/h3-6,11,15H,7-10H2,1-2H3;1H. The van der Waals surface area contributed by atoms with E-state index in [9.17, 15) is 4.79 Å². The normalized spacial score (nSPS) is 17.9. The molecule has 0 fully saturated rings. The lowest BCUT2D eigenvalue weighted by atomic mass is 9.94. The molecule has 1 aromatic rings. The third-order valence-corrected chi connectivity index (χ3v) is 3.42. The Labute approximate surface area is 115 Å². The fraction of sp³-hybridized carbons (Fsp3) is 0.500. The molecule has 0 aromatic heterocycles. The first kappa shape index (κ1) is 15.0. The Bertz CT molecular complexity index is 409. The molecule has 1 amide bonds. The lowest BCUT2D eigenvalue weighted by molar-refractivity contribution is -0.134. The zero-order valence-electron chi connectivity index (χ0n) is 11.0. The number of rotatable bonds is 3. The van der Waals surface area contributed by atoms with Crippen LogP contribution in [0.3, 0.4) is 0 Å². The highest BCUT2D eigenvalue weighted by molar-refractivity contribution is 5.85. The molecule has 2 rings (SSSR count). The Morgan fingerprint density at radius 3 is 2.72 bits per heavy atom. The van der Waals surface area contributed by atoms with E-state index in [1.54, 1.807) is 0 Å². The zero-order valence-corrected chi connectivity index (χ0v) is 11.8. The van der Waals surface area contributed by atoms with Gasteiger partial charge in [-0.25, -0.2) is 0 Å². The number of carbonyl (C=O) groups is 1. The zero-order chi connectivity index (χ0) is 12.3. The third-order valence-electron chi connectivity index (χ3n) is 3.42. The minimum absolute atomic E-state index is 0. The van der Waals surface area contributed by atoms with E-state index >= 15 is 0 Å². The van der Waals surface area contributed by atoms with E-state index in [2.05, 4.69) is 30.4 Å². The van der Waals surface area contributed by atoms with Gasteiger partial charge in [0, 0.05) is 25.6 Å². The Morgan fingerprint density at radius 1 is 1.39 bits per heavy atom. The van der Waals surface area contributed by atoms with E-state index in [4.69, 9.17) is 0 Å². The van der Waals surface area contributed by atoms with Crippen LogP contribution in [0, 0.1) is 0 Å². The monoisotopic (exact) mass is 268 g/mol. The molecule has 1 aliphatic heterocycles. The quantitative estimate of drug-likeness (QED) is 0.909. The first-order chi connectivity index (χ1) is 8.22. The van der Waals surface area contributed by atoms with Gasteiger partial charge in [0.25, 0.3) is 0 Å². The molecule has 100 valence electrons. The summed E-state index contributed by atoms with van der Waals surface area (Å²) < 4.78 is 0. The van der Waals surface area contributed by atoms with Crippen LogP contribution in [0.4, 0.5) is 0 Å². The summed E-state index contributed by atoms with van der Waals surface area (Å²) in [5.41, 5.74) is 2.68. The van der Waals surface area contributed by atoms with Gasteiger partial charge in [0.1, 0.15) is 0 Å². The summed E-state index contributed by atoms with van der Waals surface area (Å²) in [6, 6.07) is 8.73. The Balaban J connectivity index is 0.00000162. The van der Waals surface area contributed by atoms with Crippen LogP contribution in [-0.2, 0) is 17.8 Å². The van der Waals surface area contributed by atoms with Gasteiger partial charge < -0.3 is 10.2 Å². The highest BCUT2D eigenvalue weighted by atomic mass is 35.5. The van der Waals surface area contributed by atoms with Crippen molar-refractivity contribution in [2.75, 3.05) is 13.6 Å². The van der Waals surface area contributed by atoms with Crippen molar-refractivity contribution in [3.8, 4) is 0 Å². The SMILES string of the molecule is CNCCC(=O)N1Cc2ccccc2CC1C.Cl. The van der Waals surface area contributed by atoms with Crippen molar-refractivity contribution in [2.24, 2.45) is 0 Å². The van der Waals surface area contributed by atoms with E-state index in [0.717, 1.165) is 19.5 Å². The highest BCUT2D eigenvalue weighted by Crippen LogP contribution is 2.23. The third kappa shape index (κ3) is 3.24. The number of amides is 1. The van der Waals surface area contributed by atoms with Gasteiger partial charge in [0.15, 0.2) is 0 Å². The molecule has 1 N–H and O–H groups in total. The van der Waals surface area contributed by atoms with Crippen LogP contribution >= 0.6 is 12.4 Å². The van der Waals surface area contributed by atoms with Crippen LogP contribution in [0.25, 0.3) is 0 Å². The van der Waals surface area contributed by atoms with Gasteiger partial charge in [0.05, 0.1) is 0 Å². The fourth-order valence-corrected chi connectivity index (χ4v) is 2.39. The lowest BCUT2D eigenvalue weighted by Crippen LogP contribution is -2.43. The van der Waals surface area contributed by atoms with Gasteiger partial charge in [0.2, 0.25) is 5.91 Å². The second-order valence-electron chi connectivity index (χ2n) is 4.70. The maximum absolute atomic E-state index is 12.1. The van der Waals surface area contributed by atoms with Crippen molar-refractivity contribution in [2.45, 2.75) is 32.4 Å². The first-order valence-corrected chi connectivity index (χ1v) is 6.23. The maximum atomic E-state index is 12.1. The summed E-state index contributed by atoms with van der Waals surface area (Å²) in [7, 11) is 1.88. The Hall–Kier alpha value is -1.06. The van der Waals surface area contributed by atoms with Gasteiger partial charge in [-0.05, 0) is 31.5 Å². The Morgan fingerprint density at radius 2 is 2.06 bits per heavy atom. The van der Waals surface area contributed by atoms with Crippen LogP contribution < -0.4 is 5.32 Å². The van der Waals surface area contributed by atoms with Crippen LogP contribution in [0.2, 0.25) is 0 Å². The first-order valence-electron chi connectivity index (χ1n) is 6.23. The van der Waals surface area contributed by atoms with Gasteiger partial charge in [-0.3, -0.25) is 4.79 Å². The number of hydrogen-bond donors (Lipinski definition) is 1. The molecule has 1 heterocycles. The molecule has 0 aliphatic carbocycles. The number of halogens is 1. The smallest absolute Gasteiger partial charge is 0.224 e. The maximum Gasteiger partial charge on any atom is 0.224 e. The van der Waals surface area contributed by atoms with E-state index < -0.39 is 0 Å². The molecule has 0 spiro atoms. The summed E-state index contributed by atoms with van der Waals surface area (Å²) in [6.45, 7) is 3.65. The lowest BCUT2D eigenvalue weighted by Gasteiger charge is -2.35. The summed E-state index contributed by atoms with van der Waals surface area (Å²) in [5.74, 6) is 0.251. The number of carbonyl (C=O) groups excluding carboxylic acids is 1. The second kappa shape index (κ2) is 6.76. The van der Waals surface area contributed by atoms with Crippen LogP contribution in [0.1, 0.15) is 24.5 Å². The predicted molar refractivity (Wildman–Crippen MR) is 75.9 cm³/mol. The number of nitrogens with one attached hydrogen (secondary N) is 1. The van der Waals surface area contributed by atoms with Gasteiger partial charge >= 0.3 is 0 Å². The van der Waals surface area contributed by atoms with E-state index in [1.165, 1.54) is 11.1 Å². The van der Waals surface area contributed by atoms with Crippen molar-refractivity contribution >= 4 is 18.3 Å². The minimum Gasteiger partial charge on any atom is -0.335 e. The second-order valence-corrected chi connectivity index (χ2v) is 4.70. The van der Waals surface area contributed by atoms with Crippen LogP contribution in [0.5, 0.6) is 0 Å². The molecular weight excluding hydrogens is 248 g/mol. The van der Waals surface area contributed by atoms with Gasteiger partial charge in [-0.15, -0.1) is 12.4 Å². The number of hydrogen-bond acceptors (Lipinski definition) is 2. The summed E-state index contributed by atoms with van der Waals surface area (Å²) in [6.07, 6.45) is 1.56. The van der Waals surface area contributed by atoms with Gasteiger partial charge in [-0.2, -0.15) is 0 Å². The molecule has 0 bridgehead atoms. The van der Waals surface area contributed by atoms with Crippen molar-refractivity contribution in [1.82, 2.24) is 10.2 Å². The minimum atomic E-state index is 0. The molecule has 0 saturated carbocycles. The molecule has 18 heavy (non-hydrogen) atoms. The van der Waals surface area contributed by atoms with Crippen molar-refractivity contribution < 1.29 is 4.79 Å². The predicted octanol–water partition coefficient (Wildman–Crippen LogP) is 1.99. The summed E-state index contributed by atoms with van der Waals surface area (Å²) >= 11 is 0. The molecule has 1 aliphatic rings. The van der Waals surface area contributed by atoms with E-state index in [0.29, 0.717) is 12.5 Å². The molecule has 4 heteroatoms. The van der Waals surface area contributed by atoms with Crippen LogP contribution in [-0.4, -0.2) is 30.4 Å². The molecule has 0 saturated heterocycles. The molecular formula is C14H21ClN2O. The van der Waals surface area contributed by atoms with Crippen molar-refractivity contribution in [3.05, 3.63) is 35.4 Å². The van der Waals surface area contributed by atoms with Gasteiger partial charge in [-0.1, -0.05) is 24.3 Å². The fourth-order valence-electron chi connectivity index (χ4n) is 2.39. The molecule has 1 atom stereocenters.